The molecule has 0 aliphatic carbocycles. The van der Waals surface area contributed by atoms with E-state index in [2.05, 4.69) is 5.32 Å². The van der Waals surface area contributed by atoms with Gasteiger partial charge in [0.05, 0.1) is 4.34 Å². The van der Waals surface area contributed by atoms with Crippen LogP contribution in [0.2, 0.25) is 8.67 Å². The fourth-order valence-electron chi connectivity index (χ4n) is 2.02. The van der Waals surface area contributed by atoms with Crippen molar-refractivity contribution in [3.05, 3.63) is 14.7 Å². The first-order chi connectivity index (χ1) is 8.43. The first kappa shape index (κ1) is 14.6. The largest absolute Gasteiger partial charge is 0.317 e. The van der Waals surface area contributed by atoms with Gasteiger partial charge in [-0.1, -0.05) is 23.2 Å². The summed E-state index contributed by atoms with van der Waals surface area (Å²) >= 11 is 12.8. The zero-order valence-corrected chi connectivity index (χ0v) is 13.0. The Morgan fingerprint density at radius 2 is 2.00 bits per heavy atom. The standard InChI is InChI=1S/C10H14Cl2N2O2S2/c1-14(7-2-4-13-5-3-7)18(15,16)8-6-9(11)17-10(8)12/h6-7,13H,2-5H2,1H3. The monoisotopic (exact) mass is 328 g/mol. The number of thiophene rings is 1. The van der Waals surface area contributed by atoms with Crippen LogP contribution in [-0.2, 0) is 10.0 Å². The summed E-state index contributed by atoms with van der Waals surface area (Å²) in [5, 5.41) is 3.21. The van der Waals surface area contributed by atoms with Crippen molar-refractivity contribution in [1.82, 2.24) is 9.62 Å². The van der Waals surface area contributed by atoms with Gasteiger partial charge in [-0.05, 0) is 32.0 Å². The highest BCUT2D eigenvalue weighted by Gasteiger charge is 2.31. The fourth-order valence-corrected chi connectivity index (χ4v) is 5.55. The van der Waals surface area contributed by atoms with Gasteiger partial charge in [-0.25, -0.2) is 8.42 Å². The minimum absolute atomic E-state index is 0.0194. The van der Waals surface area contributed by atoms with Crippen LogP contribution >= 0.6 is 34.5 Å². The second kappa shape index (κ2) is 5.64. The Morgan fingerprint density at radius 1 is 1.39 bits per heavy atom. The molecule has 4 nitrogen and oxygen atoms in total. The van der Waals surface area contributed by atoms with E-state index in [1.807, 2.05) is 0 Å². The number of hydrogen-bond donors (Lipinski definition) is 1. The Morgan fingerprint density at radius 3 is 2.50 bits per heavy atom. The molecule has 0 unspecified atom stereocenters. The quantitative estimate of drug-likeness (QED) is 0.927. The molecule has 0 saturated carbocycles. The van der Waals surface area contributed by atoms with Crippen LogP contribution in [0, 0.1) is 0 Å². The molecule has 2 heterocycles. The molecule has 0 aromatic carbocycles. The third kappa shape index (κ3) is 2.84. The van der Waals surface area contributed by atoms with Crippen LogP contribution in [0.15, 0.2) is 11.0 Å². The first-order valence-corrected chi connectivity index (χ1v) is 8.58. The number of hydrogen-bond acceptors (Lipinski definition) is 4. The van der Waals surface area contributed by atoms with Crippen LogP contribution in [-0.4, -0.2) is 38.9 Å². The first-order valence-electron chi connectivity index (χ1n) is 5.56. The lowest BCUT2D eigenvalue weighted by atomic mass is 10.1. The zero-order valence-electron chi connectivity index (χ0n) is 9.82. The number of nitrogens with one attached hydrogen (secondary N) is 1. The lowest BCUT2D eigenvalue weighted by molar-refractivity contribution is 0.296. The molecule has 8 heteroatoms. The average molecular weight is 329 g/mol. The molecule has 2 rings (SSSR count). The second-order valence-electron chi connectivity index (χ2n) is 4.19. The van der Waals surface area contributed by atoms with Gasteiger partial charge in [0.2, 0.25) is 10.0 Å². The molecular weight excluding hydrogens is 315 g/mol. The number of nitrogens with zero attached hydrogens (tertiary/aromatic N) is 1. The molecule has 18 heavy (non-hydrogen) atoms. The normalized spacial score (nSPS) is 18.4. The van der Waals surface area contributed by atoms with Gasteiger partial charge in [-0.2, -0.15) is 4.31 Å². The van der Waals surface area contributed by atoms with Gasteiger partial charge in [0.25, 0.3) is 0 Å². The van der Waals surface area contributed by atoms with Gasteiger partial charge < -0.3 is 5.32 Å². The van der Waals surface area contributed by atoms with Crippen molar-refractivity contribution in [2.24, 2.45) is 0 Å². The molecule has 0 spiro atoms. The Labute approximate surface area is 121 Å². The van der Waals surface area contributed by atoms with Crippen molar-refractivity contribution in [3.63, 3.8) is 0 Å². The van der Waals surface area contributed by atoms with Crippen molar-refractivity contribution in [3.8, 4) is 0 Å². The van der Waals surface area contributed by atoms with Gasteiger partial charge in [0.1, 0.15) is 9.23 Å². The smallest absolute Gasteiger partial charge is 0.245 e. The number of sulfonamides is 1. The molecule has 1 aliphatic heterocycles. The van der Waals surface area contributed by atoms with Crippen LogP contribution in [0.3, 0.4) is 0 Å². The molecule has 102 valence electrons. The summed E-state index contributed by atoms with van der Waals surface area (Å²) in [4.78, 5) is 0.111. The van der Waals surface area contributed by atoms with Crippen LogP contribution in [0.4, 0.5) is 0 Å². The Balaban J connectivity index is 2.27. The molecular formula is C10H14Cl2N2O2S2. The van der Waals surface area contributed by atoms with E-state index in [1.54, 1.807) is 7.05 Å². The van der Waals surface area contributed by atoms with Crippen LogP contribution in [0.5, 0.6) is 0 Å². The van der Waals surface area contributed by atoms with E-state index in [-0.39, 0.29) is 15.3 Å². The third-order valence-electron chi connectivity index (χ3n) is 3.11. The lowest BCUT2D eigenvalue weighted by Crippen LogP contribution is -2.43. The number of halogens is 2. The lowest BCUT2D eigenvalue weighted by Gasteiger charge is -2.30. The third-order valence-corrected chi connectivity index (χ3v) is 6.77. The van der Waals surface area contributed by atoms with E-state index in [9.17, 15) is 8.42 Å². The van der Waals surface area contributed by atoms with E-state index < -0.39 is 10.0 Å². The van der Waals surface area contributed by atoms with E-state index in [0.29, 0.717) is 4.34 Å². The maximum absolute atomic E-state index is 12.4. The van der Waals surface area contributed by atoms with Crippen molar-refractivity contribution < 1.29 is 8.42 Å². The van der Waals surface area contributed by atoms with Crippen LogP contribution in [0.1, 0.15) is 12.8 Å². The molecule has 1 aromatic rings. The van der Waals surface area contributed by atoms with Gasteiger partial charge in [0.15, 0.2) is 0 Å². The molecule has 1 aromatic heterocycles. The molecule has 0 amide bonds. The summed E-state index contributed by atoms with van der Waals surface area (Å²) in [5.74, 6) is 0. The average Bonchev–Trinajstić information content (AvgIpc) is 2.69. The predicted molar refractivity (Wildman–Crippen MR) is 75.2 cm³/mol. The Hall–Kier alpha value is 0.150. The van der Waals surface area contributed by atoms with E-state index in [0.717, 1.165) is 37.3 Å². The summed E-state index contributed by atoms with van der Waals surface area (Å²) in [6.45, 7) is 1.67. The minimum Gasteiger partial charge on any atom is -0.317 e. The fraction of sp³-hybridized carbons (Fsp3) is 0.600. The maximum Gasteiger partial charge on any atom is 0.245 e. The van der Waals surface area contributed by atoms with Crippen molar-refractivity contribution >= 4 is 44.6 Å². The molecule has 1 fully saturated rings. The molecule has 0 bridgehead atoms. The Bertz CT molecular complexity index is 524. The minimum atomic E-state index is -3.55. The summed E-state index contributed by atoms with van der Waals surface area (Å²) in [6.07, 6.45) is 1.62. The maximum atomic E-state index is 12.4. The van der Waals surface area contributed by atoms with Crippen LogP contribution < -0.4 is 5.32 Å². The zero-order chi connectivity index (χ0) is 13.3. The van der Waals surface area contributed by atoms with Gasteiger partial charge in [-0.3, -0.25) is 0 Å². The topological polar surface area (TPSA) is 49.4 Å². The van der Waals surface area contributed by atoms with Gasteiger partial charge in [-0.15, -0.1) is 11.3 Å². The highest BCUT2D eigenvalue weighted by Crippen LogP contribution is 2.36. The van der Waals surface area contributed by atoms with Gasteiger partial charge in [0, 0.05) is 13.1 Å². The Kier molecular flexibility index (Phi) is 4.57. The number of piperidine rings is 1. The SMILES string of the molecule is CN(C1CCNCC1)S(=O)(=O)c1cc(Cl)sc1Cl. The number of rotatable bonds is 3. The van der Waals surface area contributed by atoms with Crippen molar-refractivity contribution in [1.29, 1.82) is 0 Å². The predicted octanol–water partition coefficient (Wildman–Crippen LogP) is 2.43. The van der Waals surface area contributed by atoms with E-state index >= 15 is 0 Å². The summed E-state index contributed by atoms with van der Waals surface area (Å²) in [7, 11) is -1.94. The van der Waals surface area contributed by atoms with E-state index in [1.165, 1.54) is 10.4 Å². The molecule has 0 atom stereocenters. The highest BCUT2D eigenvalue weighted by molar-refractivity contribution is 7.89. The van der Waals surface area contributed by atoms with Crippen LogP contribution in [0.25, 0.3) is 0 Å². The van der Waals surface area contributed by atoms with Gasteiger partial charge >= 0.3 is 0 Å². The molecule has 0 radical (unpaired) electrons. The van der Waals surface area contributed by atoms with E-state index in [4.69, 9.17) is 23.2 Å². The highest BCUT2D eigenvalue weighted by atomic mass is 35.5. The van der Waals surface area contributed by atoms with Crippen molar-refractivity contribution in [2.75, 3.05) is 20.1 Å². The van der Waals surface area contributed by atoms with Crippen molar-refractivity contribution in [2.45, 2.75) is 23.8 Å². The molecule has 1 N–H and O–H groups in total. The second-order valence-corrected chi connectivity index (χ2v) is 8.44. The summed E-state index contributed by atoms with van der Waals surface area (Å²) in [5.41, 5.74) is 0. The summed E-state index contributed by atoms with van der Waals surface area (Å²) < 4.78 is 26.9. The molecule has 1 saturated heterocycles. The summed E-state index contributed by atoms with van der Waals surface area (Å²) in [6, 6.07) is 1.44. The molecule has 1 aliphatic rings.